The Morgan fingerprint density at radius 3 is 2.25 bits per heavy atom. The third kappa shape index (κ3) is 4.21. The Morgan fingerprint density at radius 2 is 1.81 bits per heavy atom. The molecule has 0 bridgehead atoms. The number of carbonyl (C=O) groups excluding carboxylic acids is 1. The third-order valence-electron chi connectivity index (χ3n) is 1.71. The first kappa shape index (κ1) is 13.0. The highest BCUT2D eigenvalue weighted by molar-refractivity contribution is 6.17. The zero-order chi connectivity index (χ0) is 12.2. The van der Waals surface area contributed by atoms with Crippen LogP contribution < -0.4 is 0 Å². The van der Waals surface area contributed by atoms with E-state index in [0.29, 0.717) is 11.4 Å². The maximum absolute atomic E-state index is 11.5. The van der Waals surface area contributed by atoms with E-state index in [1.807, 2.05) is 0 Å². The van der Waals surface area contributed by atoms with Gasteiger partial charge in [0.1, 0.15) is 5.60 Å². The van der Waals surface area contributed by atoms with Gasteiger partial charge in [0, 0.05) is 5.88 Å². The maximum Gasteiger partial charge on any atom is 0.373 e. The van der Waals surface area contributed by atoms with Gasteiger partial charge >= 0.3 is 5.97 Å². The first-order valence-corrected chi connectivity index (χ1v) is 5.51. The molecule has 0 radical (unpaired) electrons. The second kappa shape index (κ2) is 5.32. The van der Waals surface area contributed by atoms with Gasteiger partial charge in [-0.05, 0) is 38.5 Å². The molecule has 0 aliphatic rings. The average Bonchev–Trinajstić information content (AvgIpc) is 2.25. The van der Waals surface area contributed by atoms with Crippen LogP contribution in [0.25, 0.3) is 0 Å². The molecule has 4 heteroatoms. The molecule has 3 nitrogen and oxygen atoms in total. The Hall–Kier alpha value is -1.06. The predicted molar refractivity (Wildman–Crippen MR) is 62.3 cm³/mol. The van der Waals surface area contributed by atoms with Crippen molar-refractivity contribution in [2.45, 2.75) is 32.3 Å². The molecule has 0 heterocycles. The van der Waals surface area contributed by atoms with E-state index in [0.717, 1.165) is 5.56 Å². The van der Waals surface area contributed by atoms with Crippen LogP contribution in [0.2, 0.25) is 0 Å². The minimum atomic E-state index is -0.508. The highest BCUT2D eigenvalue weighted by Crippen LogP contribution is 2.11. The van der Waals surface area contributed by atoms with E-state index in [4.69, 9.17) is 21.4 Å². The molecule has 0 saturated heterocycles. The van der Waals surface area contributed by atoms with E-state index in [2.05, 4.69) is 0 Å². The Bertz CT molecular complexity index is 352. The predicted octanol–water partition coefficient (Wildman–Crippen LogP) is 3.31. The van der Waals surface area contributed by atoms with E-state index < -0.39 is 11.6 Å². The van der Waals surface area contributed by atoms with E-state index >= 15 is 0 Å². The zero-order valence-corrected chi connectivity index (χ0v) is 10.4. The van der Waals surface area contributed by atoms with Crippen molar-refractivity contribution in [3.05, 3.63) is 35.4 Å². The van der Waals surface area contributed by atoms with Gasteiger partial charge in [-0.25, -0.2) is 4.79 Å². The van der Waals surface area contributed by atoms with Crippen molar-refractivity contribution in [3.8, 4) is 0 Å². The Labute approximate surface area is 100 Å². The molecule has 88 valence electrons. The van der Waals surface area contributed by atoms with Crippen molar-refractivity contribution in [1.82, 2.24) is 0 Å². The van der Waals surface area contributed by atoms with E-state index in [-0.39, 0.29) is 0 Å². The quantitative estimate of drug-likeness (QED) is 0.463. The fourth-order valence-corrected chi connectivity index (χ4v) is 1.12. The average molecular weight is 243 g/mol. The van der Waals surface area contributed by atoms with Crippen molar-refractivity contribution in [1.29, 1.82) is 0 Å². The molecule has 0 spiro atoms. The number of halogens is 1. The molecule has 0 aliphatic carbocycles. The molecule has 16 heavy (non-hydrogen) atoms. The summed E-state index contributed by atoms with van der Waals surface area (Å²) in [5.41, 5.74) is 0.888. The summed E-state index contributed by atoms with van der Waals surface area (Å²) >= 11 is 5.64. The van der Waals surface area contributed by atoms with E-state index in [1.54, 1.807) is 45.0 Å². The SMILES string of the molecule is CC(C)(C)OOC(=O)c1ccc(CCl)cc1. The molecule has 0 aromatic heterocycles. The van der Waals surface area contributed by atoms with Crippen LogP contribution >= 0.6 is 11.6 Å². The van der Waals surface area contributed by atoms with Crippen LogP contribution in [0.5, 0.6) is 0 Å². The molecule has 0 saturated carbocycles. The van der Waals surface area contributed by atoms with Gasteiger partial charge in [0.25, 0.3) is 0 Å². The lowest BCUT2D eigenvalue weighted by Gasteiger charge is -2.16. The summed E-state index contributed by atoms with van der Waals surface area (Å²) in [6.07, 6.45) is 0. The van der Waals surface area contributed by atoms with Crippen molar-refractivity contribution in [3.63, 3.8) is 0 Å². The van der Waals surface area contributed by atoms with Gasteiger partial charge in [-0.2, -0.15) is 4.89 Å². The lowest BCUT2D eigenvalue weighted by Crippen LogP contribution is -2.21. The number of benzene rings is 1. The minimum absolute atomic E-state index is 0.424. The molecule has 1 aromatic carbocycles. The lowest BCUT2D eigenvalue weighted by molar-refractivity contribution is -0.301. The van der Waals surface area contributed by atoms with E-state index in [1.165, 1.54) is 0 Å². The smallest absolute Gasteiger partial charge is 0.292 e. The molecule has 0 atom stereocenters. The second-order valence-corrected chi connectivity index (χ2v) is 4.66. The largest absolute Gasteiger partial charge is 0.373 e. The number of alkyl halides is 1. The van der Waals surface area contributed by atoms with Crippen LogP contribution in [-0.4, -0.2) is 11.6 Å². The standard InChI is InChI=1S/C12H15ClO3/c1-12(2,3)16-15-11(14)10-6-4-9(8-13)5-7-10/h4-7H,8H2,1-3H3. The Kier molecular flexibility index (Phi) is 4.33. The molecular formula is C12H15ClO3. The van der Waals surface area contributed by atoms with Crippen LogP contribution in [0.1, 0.15) is 36.7 Å². The molecule has 1 aromatic rings. The number of hydrogen-bond acceptors (Lipinski definition) is 3. The van der Waals surface area contributed by atoms with Crippen LogP contribution in [0.15, 0.2) is 24.3 Å². The topological polar surface area (TPSA) is 35.5 Å². The summed E-state index contributed by atoms with van der Waals surface area (Å²) < 4.78 is 0. The summed E-state index contributed by atoms with van der Waals surface area (Å²) in [5, 5.41) is 0. The number of carbonyl (C=O) groups is 1. The molecule has 1 rings (SSSR count). The van der Waals surface area contributed by atoms with Gasteiger partial charge in [-0.3, -0.25) is 4.89 Å². The van der Waals surface area contributed by atoms with E-state index in [9.17, 15) is 4.79 Å². The maximum atomic E-state index is 11.5. The summed E-state index contributed by atoms with van der Waals surface area (Å²) in [6.45, 7) is 5.41. The first-order chi connectivity index (χ1) is 7.42. The second-order valence-electron chi connectivity index (χ2n) is 4.40. The molecule has 0 unspecified atom stereocenters. The van der Waals surface area contributed by atoms with Crippen molar-refractivity contribution < 1.29 is 14.6 Å². The monoisotopic (exact) mass is 242 g/mol. The molecule has 0 N–H and O–H groups in total. The summed E-state index contributed by atoms with van der Waals surface area (Å²) in [6, 6.07) is 6.87. The van der Waals surface area contributed by atoms with Gasteiger partial charge in [-0.1, -0.05) is 12.1 Å². The highest BCUT2D eigenvalue weighted by atomic mass is 35.5. The van der Waals surface area contributed by atoms with Crippen LogP contribution in [0.4, 0.5) is 0 Å². The Morgan fingerprint density at radius 1 is 1.25 bits per heavy atom. The van der Waals surface area contributed by atoms with Gasteiger partial charge < -0.3 is 0 Å². The summed E-state index contributed by atoms with van der Waals surface area (Å²) in [7, 11) is 0. The molecule has 0 fully saturated rings. The summed E-state index contributed by atoms with van der Waals surface area (Å²) in [4.78, 5) is 21.1. The third-order valence-corrected chi connectivity index (χ3v) is 2.02. The zero-order valence-electron chi connectivity index (χ0n) is 9.62. The summed E-state index contributed by atoms with van der Waals surface area (Å²) in [5.74, 6) is -0.0792. The van der Waals surface area contributed by atoms with Crippen LogP contribution in [0.3, 0.4) is 0 Å². The Balaban J connectivity index is 2.59. The molecular weight excluding hydrogens is 228 g/mol. The van der Waals surface area contributed by atoms with Crippen molar-refractivity contribution in [2.24, 2.45) is 0 Å². The fourth-order valence-electron chi connectivity index (χ4n) is 0.941. The van der Waals surface area contributed by atoms with Crippen LogP contribution in [0, 0.1) is 0 Å². The van der Waals surface area contributed by atoms with Crippen molar-refractivity contribution >= 4 is 17.6 Å². The molecule has 0 amide bonds. The van der Waals surface area contributed by atoms with Gasteiger partial charge in [0.2, 0.25) is 0 Å². The first-order valence-electron chi connectivity index (χ1n) is 4.97. The number of rotatable bonds is 3. The van der Waals surface area contributed by atoms with Crippen LogP contribution in [-0.2, 0) is 15.7 Å². The van der Waals surface area contributed by atoms with Gasteiger partial charge in [-0.15, -0.1) is 11.6 Å². The number of hydrogen-bond donors (Lipinski definition) is 0. The normalized spacial score (nSPS) is 11.2. The van der Waals surface area contributed by atoms with Gasteiger partial charge in [0.05, 0.1) is 5.56 Å². The van der Waals surface area contributed by atoms with Crippen molar-refractivity contribution in [2.75, 3.05) is 0 Å². The molecule has 0 aliphatic heterocycles. The van der Waals surface area contributed by atoms with Gasteiger partial charge in [0.15, 0.2) is 0 Å². The fraction of sp³-hybridized carbons (Fsp3) is 0.417. The minimum Gasteiger partial charge on any atom is -0.292 e. The highest BCUT2D eigenvalue weighted by Gasteiger charge is 2.16. The lowest BCUT2D eigenvalue weighted by atomic mass is 10.1.